The van der Waals surface area contributed by atoms with Gasteiger partial charge in [0.1, 0.15) is 6.61 Å². The number of para-hydroxylation sites is 2. The number of nitrogens with zero attached hydrogens (tertiary/aromatic N) is 2. The van der Waals surface area contributed by atoms with Gasteiger partial charge in [0.25, 0.3) is 5.56 Å². The highest BCUT2D eigenvalue weighted by Gasteiger charge is 2.14. The van der Waals surface area contributed by atoms with Gasteiger partial charge < -0.3 is 9.47 Å². The fourth-order valence-electron chi connectivity index (χ4n) is 3.62. The second kappa shape index (κ2) is 9.58. The summed E-state index contributed by atoms with van der Waals surface area (Å²) in [6.07, 6.45) is 1.84. The van der Waals surface area contributed by atoms with E-state index in [0.717, 1.165) is 22.2 Å². The molecule has 0 fully saturated rings. The lowest BCUT2D eigenvalue weighted by Crippen LogP contribution is -2.22. The van der Waals surface area contributed by atoms with Crippen LogP contribution in [-0.2, 0) is 6.61 Å². The number of fused-ring (bicyclic) bond motifs is 3. The van der Waals surface area contributed by atoms with Crippen LogP contribution in [0.3, 0.4) is 0 Å². The SMILES string of the molecule is CCOc1cc(/C=c2\sc3nc4ccccc4n3c2=O)cc(Br)c1OCc1ccc(Cl)c(Cl)c1. The van der Waals surface area contributed by atoms with Crippen LogP contribution in [-0.4, -0.2) is 16.0 Å². The number of hydrogen-bond acceptors (Lipinski definition) is 5. The summed E-state index contributed by atoms with van der Waals surface area (Å²) in [5.74, 6) is 1.14. The number of benzene rings is 3. The quantitative estimate of drug-likeness (QED) is 0.232. The smallest absolute Gasteiger partial charge is 0.274 e. The predicted octanol–water partition coefficient (Wildman–Crippen LogP) is 6.50. The maximum Gasteiger partial charge on any atom is 0.274 e. The Morgan fingerprint density at radius 3 is 2.71 bits per heavy atom. The van der Waals surface area contributed by atoms with Crippen molar-refractivity contribution in [2.24, 2.45) is 0 Å². The van der Waals surface area contributed by atoms with Crippen LogP contribution in [0.4, 0.5) is 0 Å². The summed E-state index contributed by atoms with van der Waals surface area (Å²) in [7, 11) is 0. The summed E-state index contributed by atoms with van der Waals surface area (Å²) >= 11 is 17.1. The van der Waals surface area contributed by atoms with Crippen molar-refractivity contribution in [1.29, 1.82) is 0 Å². The zero-order chi connectivity index (χ0) is 23.8. The minimum Gasteiger partial charge on any atom is -0.490 e. The van der Waals surface area contributed by atoms with Gasteiger partial charge in [-0.3, -0.25) is 4.79 Å². The highest BCUT2D eigenvalue weighted by Crippen LogP contribution is 2.38. The monoisotopic (exact) mass is 574 g/mol. The first-order chi connectivity index (χ1) is 16.4. The van der Waals surface area contributed by atoms with Crippen LogP contribution in [0.1, 0.15) is 18.1 Å². The zero-order valence-corrected chi connectivity index (χ0v) is 21.8. The Bertz CT molecular complexity index is 1650. The summed E-state index contributed by atoms with van der Waals surface area (Å²) < 4.78 is 14.9. The fraction of sp³-hybridized carbons (Fsp3) is 0.120. The van der Waals surface area contributed by atoms with Gasteiger partial charge in [0, 0.05) is 0 Å². The molecule has 0 bridgehead atoms. The van der Waals surface area contributed by atoms with Crippen LogP contribution in [0.2, 0.25) is 10.0 Å². The Kier molecular flexibility index (Phi) is 6.53. The number of aromatic nitrogens is 2. The first-order valence-corrected chi connectivity index (χ1v) is 12.8. The normalized spacial score (nSPS) is 12.1. The van der Waals surface area contributed by atoms with E-state index in [-0.39, 0.29) is 5.56 Å². The molecule has 34 heavy (non-hydrogen) atoms. The molecule has 5 aromatic rings. The van der Waals surface area contributed by atoms with Crippen molar-refractivity contribution in [2.75, 3.05) is 6.61 Å². The second-order valence-electron chi connectivity index (χ2n) is 7.43. The topological polar surface area (TPSA) is 52.8 Å². The summed E-state index contributed by atoms with van der Waals surface area (Å²) in [5.41, 5.74) is 3.21. The van der Waals surface area contributed by atoms with Crippen LogP contribution in [0.5, 0.6) is 11.5 Å². The second-order valence-corrected chi connectivity index (χ2v) is 10.1. The van der Waals surface area contributed by atoms with E-state index >= 15 is 0 Å². The average Bonchev–Trinajstić information content (AvgIpc) is 3.32. The van der Waals surface area contributed by atoms with Crippen molar-refractivity contribution in [3.05, 3.63) is 95.1 Å². The molecule has 9 heteroatoms. The Morgan fingerprint density at radius 2 is 1.91 bits per heavy atom. The first-order valence-electron chi connectivity index (χ1n) is 10.4. The average molecular weight is 576 g/mol. The van der Waals surface area contributed by atoms with Crippen LogP contribution < -0.4 is 19.6 Å². The highest BCUT2D eigenvalue weighted by atomic mass is 79.9. The Labute approximate surface area is 217 Å². The van der Waals surface area contributed by atoms with Gasteiger partial charge >= 0.3 is 0 Å². The van der Waals surface area contributed by atoms with Gasteiger partial charge in [-0.2, -0.15) is 0 Å². The number of hydrogen-bond donors (Lipinski definition) is 0. The molecule has 0 unspecified atom stereocenters. The first kappa shape index (κ1) is 23.2. The molecule has 0 N–H and O–H groups in total. The fourth-order valence-corrected chi connectivity index (χ4v) is 5.50. The van der Waals surface area contributed by atoms with E-state index in [2.05, 4.69) is 20.9 Å². The lowest BCUT2D eigenvalue weighted by atomic mass is 10.2. The minimum atomic E-state index is -0.0947. The molecular weight excluding hydrogens is 559 g/mol. The van der Waals surface area contributed by atoms with Gasteiger partial charge in [-0.05, 0) is 76.5 Å². The van der Waals surface area contributed by atoms with E-state index in [1.54, 1.807) is 16.5 Å². The summed E-state index contributed by atoms with van der Waals surface area (Å²) in [6.45, 7) is 2.66. The van der Waals surface area contributed by atoms with E-state index in [1.807, 2.05) is 55.5 Å². The van der Waals surface area contributed by atoms with E-state index in [0.29, 0.717) is 48.7 Å². The lowest BCUT2D eigenvalue weighted by molar-refractivity contribution is 0.267. The van der Waals surface area contributed by atoms with Gasteiger partial charge in [0.15, 0.2) is 16.5 Å². The molecule has 0 saturated heterocycles. The molecule has 172 valence electrons. The van der Waals surface area contributed by atoms with Crippen molar-refractivity contribution in [1.82, 2.24) is 9.38 Å². The third-order valence-electron chi connectivity index (χ3n) is 5.14. The highest BCUT2D eigenvalue weighted by molar-refractivity contribution is 9.10. The molecule has 0 atom stereocenters. The van der Waals surface area contributed by atoms with Crippen LogP contribution in [0.25, 0.3) is 22.1 Å². The third-order valence-corrected chi connectivity index (χ3v) is 7.44. The van der Waals surface area contributed by atoms with Crippen molar-refractivity contribution in [3.63, 3.8) is 0 Å². The number of imidazole rings is 1. The lowest BCUT2D eigenvalue weighted by Gasteiger charge is -2.15. The van der Waals surface area contributed by atoms with E-state index in [1.165, 1.54) is 11.3 Å². The third kappa shape index (κ3) is 4.41. The molecule has 2 heterocycles. The van der Waals surface area contributed by atoms with Gasteiger partial charge in [0.05, 0.1) is 36.7 Å². The van der Waals surface area contributed by atoms with Crippen molar-refractivity contribution in [2.45, 2.75) is 13.5 Å². The number of halogens is 3. The number of ether oxygens (including phenoxy) is 2. The molecule has 2 aromatic heterocycles. The number of thiazole rings is 1. The van der Waals surface area contributed by atoms with Gasteiger partial charge in [-0.15, -0.1) is 0 Å². The van der Waals surface area contributed by atoms with Gasteiger partial charge in [-0.1, -0.05) is 52.7 Å². The molecule has 0 aliphatic carbocycles. The van der Waals surface area contributed by atoms with Gasteiger partial charge in [0.2, 0.25) is 0 Å². The van der Waals surface area contributed by atoms with Crippen LogP contribution >= 0.6 is 50.5 Å². The number of rotatable bonds is 6. The molecule has 0 amide bonds. The Hall–Kier alpha value is -2.58. The zero-order valence-electron chi connectivity index (χ0n) is 17.8. The molecule has 3 aromatic carbocycles. The largest absolute Gasteiger partial charge is 0.490 e. The molecule has 0 aliphatic heterocycles. The maximum atomic E-state index is 13.1. The summed E-state index contributed by atoms with van der Waals surface area (Å²) in [4.78, 5) is 18.3. The van der Waals surface area contributed by atoms with Crippen LogP contribution in [0, 0.1) is 0 Å². The van der Waals surface area contributed by atoms with Crippen molar-refractivity contribution in [3.8, 4) is 11.5 Å². The van der Waals surface area contributed by atoms with E-state index in [4.69, 9.17) is 32.7 Å². The molecule has 0 aliphatic rings. The molecule has 5 rings (SSSR count). The minimum absolute atomic E-state index is 0.0947. The molecule has 0 radical (unpaired) electrons. The molecular formula is C25H17BrCl2N2O3S. The molecule has 0 spiro atoms. The summed E-state index contributed by atoms with van der Waals surface area (Å²) in [6, 6.07) is 16.7. The van der Waals surface area contributed by atoms with Crippen LogP contribution in [0.15, 0.2) is 63.9 Å². The van der Waals surface area contributed by atoms with Crippen molar-refractivity contribution < 1.29 is 9.47 Å². The standard InChI is InChI=1S/C25H17BrCl2N2O3S/c1-2-32-21-11-15(9-16(26)23(21)33-13-14-7-8-17(27)18(28)10-14)12-22-24(31)30-20-6-4-3-5-19(20)29-25(30)34-22/h3-12H,2,13H2,1H3/b22-12-. The molecule has 5 nitrogen and oxygen atoms in total. The maximum absolute atomic E-state index is 13.1. The van der Waals surface area contributed by atoms with E-state index < -0.39 is 0 Å². The Morgan fingerprint density at radius 1 is 1.09 bits per heavy atom. The predicted molar refractivity (Wildman–Crippen MR) is 142 cm³/mol. The Balaban J connectivity index is 1.51. The van der Waals surface area contributed by atoms with Crippen molar-refractivity contribution >= 4 is 72.5 Å². The molecule has 0 saturated carbocycles. The summed E-state index contributed by atoms with van der Waals surface area (Å²) in [5, 5.41) is 0.966. The van der Waals surface area contributed by atoms with E-state index in [9.17, 15) is 4.79 Å². The van der Waals surface area contributed by atoms with Gasteiger partial charge in [-0.25, -0.2) is 9.38 Å².